The molecule has 1 aromatic heterocycles. The Balaban J connectivity index is 2.45. The lowest BCUT2D eigenvalue weighted by molar-refractivity contribution is 0.498. The summed E-state index contributed by atoms with van der Waals surface area (Å²) in [6, 6.07) is 1.31. The molecule has 4 nitrogen and oxygen atoms in total. The lowest BCUT2D eigenvalue weighted by Gasteiger charge is -2.12. The quantitative estimate of drug-likeness (QED) is 0.840. The van der Waals surface area contributed by atoms with Gasteiger partial charge in [-0.15, -0.1) is 0 Å². The molecule has 3 N–H and O–H groups in total. The van der Waals surface area contributed by atoms with E-state index in [1.165, 1.54) is 6.33 Å². The van der Waals surface area contributed by atoms with Crippen LogP contribution in [0.5, 0.6) is 0 Å². The zero-order valence-electron chi connectivity index (χ0n) is 10.0. The summed E-state index contributed by atoms with van der Waals surface area (Å²) in [6.07, 6.45) is 1.68. The average Bonchev–Trinajstić information content (AvgIpc) is 2.35. The Morgan fingerprint density at radius 1 is 1.21 bits per heavy atom. The molecule has 0 atom stereocenters. The van der Waals surface area contributed by atoms with Gasteiger partial charge >= 0.3 is 0 Å². The SMILES string of the molecule is CCc1c(N)ncnc1Nc1cc(F)cc(F)c1F. The molecule has 2 aromatic rings. The van der Waals surface area contributed by atoms with Crippen LogP contribution in [0.2, 0.25) is 0 Å². The van der Waals surface area contributed by atoms with E-state index in [0.717, 1.165) is 6.07 Å². The van der Waals surface area contributed by atoms with Gasteiger partial charge in [-0.1, -0.05) is 6.92 Å². The molecule has 2 rings (SSSR count). The zero-order chi connectivity index (χ0) is 14.0. The predicted octanol–water partition coefficient (Wildman–Crippen LogP) is 2.78. The summed E-state index contributed by atoms with van der Waals surface area (Å²) >= 11 is 0. The minimum absolute atomic E-state index is 0.221. The van der Waals surface area contributed by atoms with Crippen molar-refractivity contribution in [2.75, 3.05) is 11.1 Å². The number of rotatable bonds is 3. The van der Waals surface area contributed by atoms with Gasteiger partial charge < -0.3 is 11.1 Å². The van der Waals surface area contributed by atoms with Gasteiger partial charge in [-0.3, -0.25) is 0 Å². The van der Waals surface area contributed by atoms with E-state index >= 15 is 0 Å². The lowest BCUT2D eigenvalue weighted by atomic mass is 10.2. The molecule has 0 saturated heterocycles. The Bertz CT molecular complexity index is 616. The number of benzene rings is 1. The van der Waals surface area contributed by atoms with E-state index in [1.54, 1.807) is 0 Å². The third-order valence-corrected chi connectivity index (χ3v) is 2.58. The molecule has 0 amide bonds. The van der Waals surface area contributed by atoms with Crippen molar-refractivity contribution in [2.45, 2.75) is 13.3 Å². The summed E-state index contributed by atoms with van der Waals surface area (Å²) in [5.74, 6) is -2.89. The highest BCUT2D eigenvalue weighted by Gasteiger charge is 2.14. The van der Waals surface area contributed by atoms with Gasteiger partial charge in [0.05, 0.1) is 5.69 Å². The molecule has 0 aliphatic rings. The number of halogens is 3. The van der Waals surface area contributed by atoms with Crippen LogP contribution >= 0.6 is 0 Å². The first-order chi connectivity index (χ1) is 9.02. The molecule has 0 spiro atoms. The van der Waals surface area contributed by atoms with E-state index in [9.17, 15) is 13.2 Å². The molecule has 0 aliphatic heterocycles. The van der Waals surface area contributed by atoms with Crippen LogP contribution in [0.25, 0.3) is 0 Å². The van der Waals surface area contributed by atoms with Crippen LogP contribution in [0.3, 0.4) is 0 Å². The highest BCUT2D eigenvalue weighted by molar-refractivity contribution is 5.64. The number of hydrogen-bond donors (Lipinski definition) is 2. The molecule has 0 radical (unpaired) electrons. The summed E-state index contributed by atoms with van der Waals surface area (Å²) in [5, 5.41) is 2.53. The van der Waals surface area contributed by atoms with Gasteiger partial charge in [-0.25, -0.2) is 23.1 Å². The van der Waals surface area contributed by atoms with Gasteiger partial charge in [-0.05, 0) is 6.42 Å². The van der Waals surface area contributed by atoms with E-state index in [-0.39, 0.29) is 17.3 Å². The third-order valence-electron chi connectivity index (χ3n) is 2.58. The van der Waals surface area contributed by atoms with Crippen LogP contribution in [0.4, 0.5) is 30.5 Å². The predicted molar refractivity (Wildman–Crippen MR) is 65.4 cm³/mol. The summed E-state index contributed by atoms with van der Waals surface area (Å²) in [7, 11) is 0. The molecule has 0 unspecified atom stereocenters. The number of nitrogens with one attached hydrogen (secondary N) is 1. The van der Waals surface area contributed by atoms with E-state index in [4.69, 9.17) is 5.73 Å². The van der Waals surface area contributed by atoms with Crippen molar-refractivity contribution in [3.63, 3.8) is 0 Å². The maximum atomic E-state index is 13.5. The Morgan fingerprint density at radius 2 is 1.95 bits per heavy atom. The molecule has 1 heterocycles. The van der Waals surface area contributed by atoms with Crippen LogP contribution in [0.15, 0.2) is 18.5 Å². The molecule has 0 bridgehead atoms. The highest BCUT2D eigenvalue weighted by atomic mass is 19.2. The smallest absolute Gasteiger partial charge is 0.182 e. The summed E-state index contributed by atoms with van der Waals surface area (Å²) in [4.78, 5) is 7.69. The fourth-order valence-corrected chi connectivity index (χ4v) is 1.66. The first kappa shape index (κ1) is 13.1. The van der Waals surface area contributed by atoms with Gasteiger partial charge in [0.2, 0.25) is 0 Å². The Kier molecular flexibility index (Phi) is 3.55. The second-order valence-corrected chi connectivity index (χ2v) is 3.81. The van der Waals surface area contributed by atoms with Gasteiger partial charge in [0.1, 0.15) is 23.8 Å². The number of nitrogens with zero attached hydrogens (tertiary/aromatic N) is 2. The minimum Gasteiger partial charge on any atom is -0.383 e. The van der Waals surface area contributed by atoms with E-state index in [0.29, 0.717) is 18.1 Å². The number of nitrogen functional groups attached to an aromatic ring is 1. The molecule has 100 valence electrons. The van der Waals surface area contributed by atoms with E-state index < -0.39 is 17.5 Å². The van der Waals surface area contributed by atoms with Crippen molar-refractivity contribution >= 4 is 17.3 Å². The highest BCUT2D eigenvalue weighted by Crippen LogP contribution is 2.26. The number of hydrogen-bond acceptors (Lipinski definition) is 4. The first-order valence-corrected chi connectivity index (χ1v) is 5.53. The van der Waals surface area contributed by atoms with Gasteiger partial charge in [0.15, 0.2) is 11.6 Å². The van der Waals surface area contributed by atoms with E-state index in [1.807, 2.05) is 6.92 Å². The zero-order valence-corrected chi connectivity index (χ0v) is 10.0. The Morgan fingerprint density at radius 3 is 2.63 bits per heavy atom. The van der Waals surface area contributed by atoms with Crippen LogP contribution < -0.4 is 11.1 Å². The molecule has 19 heavy (non-hydrogen) atoms. The molecular weight excluding hydrogens is 257 g/mol. The number of anilines is 3. The van der Waals surface area contributed by atoms with Crippen molar-refractivity contribution in [3.8, 4) is 0 Å². The standard InChI is InChI=1S/C12H11F3N4/c1-2-7-11(16)17-5-18-12(7)19-9-4-6(13)3-8(14)10(9)15/h3-5H,2H2,1H3,(H3,16,17,18,19). The maximum absolute atomic E-state index is 13.5. The topological polar surface area (TPSA) is 63.8 Å². The molecule has 0 aliphatic carbocycles. The van der Waals surface area contributed by atoms with Gasteiger partial charge in [-0.2, -0.15) is 0 Å². The van der Waals surface area contributed by atoms with Crippen LogP contribution in [0, 0.1) is 17.5 Å². The largest absolute Gasteiger partial charge is 0.383 e. The van der Waals surface area contributed by atoms with Crippen LogP contribution in [0.1, 0.15) is 12.5 Å². The summed E-state index contributed by atoms with van der Waals surface area (Å²) < 4.78 is 39.7. The Hall–Kier alpha value is -2.31. The third kappa shape index (κ3) is 2.59. The van der Waals surface area contributed by atoms with Crippen LogP contribution in [-0.4, -0.2) is 9.97 Å². The van der Waals surface area contributed by atoms with Crippen molar-refractivity contribution in [2.24, 2.45) is 0 Å². The normalized spacial score (nSPS) is 10.5. The van der Waals surface area contributed by atoms with Crippen molar-refractivity contribution < 1.29 is 13.2 Å². The minimum atomic E-state index is -1.28. The molecular formula is C12H11F3N4. The average molecular weight is 268 g/mol. The summed E-state index contributed by atoms with van der Waals surface area (Å²) in [6.45, 7) is 1.81. The van der Waals surface area contributed by atoms with Crippen molar-refractivity contribution in [1.29, 1.82) is 0 Å². The molecule has 0 fully saturated rings. The monoisotopic (exact) mass is 268 g/mol. The number of nitrogens with two attached hydrogens (primary N) is 1. The fraction of sp³-hybridized carbons (Fsp3) is 0.167. The van der Waals surface area contributed by atoms with Crippen LogP contribution in [-0.2, 0) is 6.42 Å². The Labute approximate surface area is 107 Å². The molecule has 0 saturated carbocycles. The van der Waals surface area contributed by atoms with E-state index in [2.05, 4.69) is 15.3 Å². The second-order valence-electron chi connectivity index (χ2n) is 3.81. The van der Waals surface area contributed by atoms with Gasteiger partial charge in [0.25, 0.3) is 0 Å². The van der Waals surface area contributed by atoms with Crippen molar-refractivity contribution in [1.82, 2.24) is 9.97 Å². The molecule has 1 aromatic carbocycles. The molecule has 7 heteroatoms. The second kappa shape index (κ2) is 5.13. The number of aromatic nitrogens is 2. The summed E-state index contributed by atoms with van der Waals surface area (Å²) in [5.41, 5.74) is 5.86. The van der Waals surface area contributed by atoms with Gasteiger partial charge in [0, 0.05) is 17.7 Å². The first-order valence-electron chi connectivity index (χ1n) is 5.53. The van der Waals surface area contributed by atoms with Crippen molar-refractivity contribution in [3.05, 3.63) is 41.5 Å². The fourth-order valence-electron chi connectivity index (χ4n) is 1.66. The maximum Gasteiger partial charge on any atom is 0.182 e. The lowest BCUT2D eigenvalue weighted by Crippen LogP contribution is -2.06.